The van der Waals surface area contributed by atoms with Crippen molar-refractivity contribution in [2.45, 2.75) is 18.3 Å². The average molecular weight is 236 g/mol. The molecule has 14 heavy (non-hydrogen) atoms. The molecule has 0 aromatic carbocycles. The zero-order chi connectivity index (χ0) is 10.1. The summed E-state index contributed by atoms with van der Waals surface area (Å²) >= 11 is 9.32. The van der Waals surface area contributed by atoms with Crippen LogP contribution in [0.4, 0.5) is 0 Å². The zero-order valence-electron chi connectivity index (χ0n) is 7.04. The first kappa shape index (κ1) is 9.88. The van der Waals surface area contributed by atoms with Crippen LogP contribution >= 0.6 is 24.4 Å². The minimum absolute atomic E-state index is 0.0514. The first-order chi connectivity index (χ1) is 6.66. The van der Waals surface area contributed by atoms with Gasteiger partial charge in [-0.05, 0) is 0 Å². The van der Waals surface area contributed by atoms with E-state index in [4.69, 9.17) is 18.9 Å². The Morgan fingerprint density at radius 1 is 1.07 bits per heavy atom. The van der Waals surface area contributed by atoms with E-state index in [9.17, 15) is 5.11 Å². The maximum absolute atomic E-state index is 9.76. The first-order valence-corrected chi connectivity index (χ1v) is 4.83. The molecule has 3 atom stereocenters. The van der Waals surface area contributed by atoms with E-state index in [1.807, 2.05) is 0 Å². The summed E-state index contributed by atoms with van der Waals surface area (Å²) in [6.45, 7) is 0.458. The lowest BCUT2D eigenvalue weighted by atomic mass is 10.1. The van der Waals surface area contributed by atoms with Gasteiger partial charge in [0, 0.05) is 24.4 Å². The van der Waals surface area contributed by atoms with Gasteiger partial charge in [-0.3, -0.25) is 0 Å². The number of hydrogen-bond donors (Lipinski definition) is 1. The lowest BCUT2D eigenvalue weighted by molar-refractivity contribution is -0.0265. The molecule has 0 aliphatic carbocycles. The van der Waals surface area contributed by atoms with Gasteiger partial charge in [0.05, 0.1) is 0 Å². The molecule has 78 valence electrons. The number of hydrogen-bond acceptors (Lipinski definition) is 7. The summed E-state index contributed by atoms with van der Waals surface area (Å²) in [6.07, 6.45) is -1.86. The van der Waals surface area contributed by atoms with Crippen molar-refractivity contribution in [2.24, 2.45) is 0 Å². The van der Waals surface area contributed by atoms with Crippen LogP contribution in [0.1, 0.15) is 0 Å². The summed E-state index contributed by atoms with van der Waals surface area (Å²) in [5, 5.41) is 9.86. The Morgan fingerprint density at radius 3 is 1.79 bits per heavy atom. The quantitative estimate of drug-likeness (QED) is 0.663. The van der Waals surface area contributed by atoms with Crippen LogP contribution < -0.4 is 0 Å². The van der Waals surface area contributed by atoms with E-state index in [-0.39, 0.29) is 23.7 Å². The Hall–Kier alpha value is -0.660. The molecule has 0 aromatic rings. The molecule has 1 N–H and O–H groups in total. The molecular weight excluding hydrogens is 228 g/mol. The van der Waals surface area contributed by atoms with Gasteiger partial charge in [-0.2, -0.15) is 0 Å². The fraction of sp³-hybridized carbons (Fsp3) is 0.714. The molecule has 0 aromatic heterocycles. The van der Waals surface area contributed by atoms with Gasteiger partial charge in [-0.1, -0.05) is 0 Å². The number of ether oxygens (including phenoxy) is 4. The highest BCUT2D eigenvalue weighted by atomic mass is 32.1. The molecule has 0 bridgehead atoms. The van der Waals surface area contributed by atoms with Crippen LogP contribution in [-0.2, 0) is 18.9 Å². The molecule has 5 nitrogen and oxygen atoms in total. The first-order valence-electron chi connectivity index (χ1n) is 4.01. The molecule has 7 heteroatoms. The molecule has 0 spiro atoms. The van der Waals surface area contributed by atoms with Crippen LogP contribution in [0.5, 0.6) is 0 Å². The van der Waals surface area contributed by atoms with Gasteiger partial charge in [0.1, 0.15) is 19.3 Å². The third-order valence-corrected chi connectivity index (χ3v) is 2.42. The predicted molar refractivity (Wildman–Crippen MR) is 52.9 cm³/mol. The third kappa shape index (κ3) is 1.89. The number of aliphatic hydroxyl groups excluding tert-OH is 1. The van der Waals surface area contributed by atoms with Crippen molar-refractivity contribution in [1.82, 2.24) is 0 Å². The summed E-state index contributed by atoms with van der Waals surface area (Å²) in [4.78, 5) is 0. The molecule has 2 heterocycles. The standard InChI is InChI=1S/C7H8O5S2/c8-5(3-1-9-6(13)11-3)4-2-10-7(14)12-4/h3-5,8H,1-2H2/t3-,4+,5?. The van der Waals surface area contributed by atoms with Crippen molar-refractivity contribution in [2.75, 3.05) is 13.2 Å². The lowest BCUT2D eigenvalue weighted by Gasteiger charge is -2.18. The van der Waals surface area contributed by atoms with E-state index in [2.05, 4.69) is 24.4 Å². The number of thiocarbonyl (C=S) groups is 2. The van der Waals surface area contributed by atoms with E-state index in [0.29, 0.717) is 0 Å². The Balaban J connectivity index is 1.91. The number of aliphatic hydroxyl groups is 1. The summed E-state index contributed by atoms with van der Waals surface area (Å²) in [5.41, 5.74) is 0. The minimum Gasteiger partial charge on any atom is -0.453 e. The van der Waals surface area contributed by atoms with Crippen molar-refractivity contribution in [3.05, 3.63) is 0 Å². The fourth-order valence-corrected chi connectivity index (χ4v) is 1.64. The second-order valence-electron chi connectivity index (χ2n) is 2.93. The Labute approximate surface area is 90.9 Å². The van der Waals surface area contributed by atoms with Crippen molar-refractivity contribution in [3.8, 4) is 0 Å². The van der Waals surface area contributed by atoms with Gasteiger partial charge >= 0.3 is 10.5 Å². The van der Waals surface area contributed by atoms with Gasteiger partial charge in [-0.25, -0.2) is 0 Å². The summed E-state index contributed by atoms with van der Waals surface area (Å²) in [5.74, 6) is 0. The highest BCUT2D eigenvalue weighted by molar-refractivity contribution is 7.80. The van der Waals surface area contributed by atoms with E-state index in [0.717, 1.165) is 0 Å². The second kappa shape index (κ2) is 3.84. The monoisotopic (exact) mass is 236 g/mol. The van der Waals surface area contributed by atoms with Gasteiger partial charge < -0.3 is 24.1 Å². The molecular formula is C7H8O5S2. The van der Waals surface area contributed by atoms with Crippen molar-refractivity contribution >= 4 is 34.9 Å². The normalized spacial score (nSPS) is 32.9. The minimum atomic E-state index is -0.851. The van der Waals surface area contributed by atoms with Gasteiger partial charge in [0.15, 0.2) is 12.2 Å². The predicted octanol–water partition coefficient (Wildman–Crippen LogP) is -0.252. The van der Waals surface area contributed by atoms with Crippen LogP contribution in [0.15, 0.2) is 0 Å². The van der Waals surface area contributed by atoms with Gasteiger partial charge in [0.2, 0.25) is 0 Å². The SMILES string of the molecule is OC([C@@H]1COC(=S)O1)[C@H]1COC(=S)O1. The van der Waals surface area contributed by atoms with Crippen molar-refractivity contribution < 1.29 is 24.1 Å². The van der Waals surface area contributed by atoms with Gasteiger partial charge in [-0.15, -0.1) is 0 Å². The van der Waals surface area contributed by atoms with Crippen LogP contribution in [0.3, 0.4) is 0 Å². The maximum Gasteiger partial charge on any atom is 0.352 e. The molecule has 0 amide bonds. The van der Waals surface area contributed by atoms with Crippen molar-refractivity contribution in [1.29, 1.82) is 0 Å². The van der Waals surface area contributed by atoms with Crippen LogP contribution in [0, 0.1) is 0 Å². The average Bonchev–Trinajstić information content (AvgIpc) is 2.73. The Bertz CT molecular complexity index is 243. The van der Waals surface area contributed by atoms with E-state index in [1.165, 1.54) is 0 Å². The molecule has 1 unspecified atom stereocenters. The molecule has 2 rings (SSSR count). The zero-order valence-corrected chi connectivity index (χ0v) is 8.68. The fourth-order valence-electron chi connectivity index (χ4n) is 1.26. The maximum atomic E-state index is 9.76. The van der Waals surface area contributed by atoms with Crippen molar-refractivity contribution in [3.63, 3.8) is 0 Å². The Kier molecular flexibility index (Phi) is 2.71. The van der Waals surface area contributed by atoms with Crippen LogP contribution in [0.2, 0.25) is 0 Å². The summed E-state index contributed by atoms with van der Waals surface area (Å²) in [6, 6.07) is 0. The second-order valence-corrected chi connectivity index (χ2v) is 3.59. The molecule has 2 aliphatic heterocycles. The highest BCUT2D eigenvalue weighted by Crippen LogP contribution is 2.18. The highest BCUT2D eigenvalue weighted by Gasteiger charge is 2.39. The largest absolute Gasteiger partial charge is 0.453 e. The van der Waals surface area contributed by atoms with Crippen LogP contribution in [0.25, 0.3) is 0 Å². The smallest absolute Gasteiger partial charge is 0.352 e. The van der Waals surface area contributed by atoms with E-state index >= 15 is 0 Å². The molecule has 0 saturated carbocycles. The molecule has 2 fully saturated rings. The lowest BCUT2D eigenvalue weighted by Crippen LogP contribution is -2.40. The molecule has 2 aliphatic rings. The van der Waals surface area contributed by atoms with E-state index < -0.39 is 18.3 Å². The molecule has 0 radical (unpaired) electrons. The van der Waals surface area contributed by atoms with E-state index in [1.54, 1.807) is 0 Å². The summed E-state index contributed by atoms with van der Waals surface area (Å²) < 4.78 is 19.9. The topological polar surface area (TPSA) is 57.2 Å². The Morgan fingerprint density at radius 2 is 1.50 bits per heavy atom. The third-order valence-electron chi connectivity index (χ3n) is 1.99. The summed E-state index contributed by atoms with van der Waals surface area (Å²) in [7, 11) is 0. The molecule has 2 saturated heterocycles. The van der Waals surface area contributed by atoms with Gasteiger partial charge in [0.25, 0.3) is 0 Å². The van der Waals surface area contributed by atoms with Crippen LogP contribution in [-0.4, -0.2) is 47.1 Å². The number of rotatable bonds is 2.